The van der Waals surface area contributed by atoms with Gasteiger partial charge >= 0.3 is 0 Å². The van der Waals surface area contributed by atoms with Crippen LogP contribution in [0.25, 0.3) is 10.9 Å². The van der Waals surface area contributed by atoms with E-state index >= 15 is 0 Å². The molecule has 0 spiro atoms. The first-order valence-electron chi connectivity index (χ1n) is 10.6. The van der Waals surface area contributed by atoms with Crippen molar-refractivity contribution in [3.63, 3.8) is 0 Å². The van der Waals surface area contributed by atoms with Gasteiger partial charge in [-0.15, -0.1) is 0 Å². The number of hydrogen-bond donors (Lipinski definition) is 0. The fourth-order valence-electron chi connectivity index (χ4n) is 3.52. The number of carboxylic acids is 1. The summed E-state index contributed by atoms with van der Waals surface area (Å²) in [7, 11) is 0. The zero-order valence-electron chi connectivity index (χ0n) is 18.1. The predicted octanol–water partition coefficient (Wildman–Crippen LogP) is 3.70. The Kier molecular flexibility index (Phi) is 7.18. The van der Waals surface area contributed by atoms with E-state index in [2.05, 4.69) is 4.98 Å². The zero-order valence-corrected chi connectivity index (χ0v) is 18.9. The minimum atomic E-state index is -1.34. The van der Waals surface area contributed by atoms with Crippen LogP contribution in [0.4, 0.5) is 4.39 Å². The molecule has 0 fully saturated rings. The van der Waals surface area contributed by atoms with Gasteiger partial charge in [0.2, 0.25) is 0 Å². The van der Waals surface area contributed by atoms with Crippen molar-refractivity contribution in [2.24, 2.45) is 0 Å². The Bertz CT molecular complexity index is 1400. The fourth-order valence-corrected chi connectivity index (χ4v) is 4.46. The molecule has 0 saturated heterocycles. The Morgan fingerprint density at radius 3 is 2.38 bits per heavy atom. The molecule has 1 heterocycles. The summed E-state index contributed by atoms with van der Waals surface area (Å²) in [5, 5.41) is 12.0. The van der Waals surface area contributed by atoms with Crippen molar-refractivity contribution < 1.29 is 19.1 Å². The Labute approximate surface area is 199 Å². The van der Waals surface area contributed by atoms with Crippen LogP contribution in [0.2, 0.25) is 0 Å². The highest BCUT2D eigenvalue weighted by atomic mass is 32.2. The van der Waals surface area contributed by atoms with Gasteiger partial charge in [-0.1, -0.05) is 48.2 Å². The quantitative estimate of drug-likeness (QED) is 0.159. The van der Waals surface area contributed by atoms with E-state index in [1.807, 2.05) is 30.3 Å². The number of carboxylic acid groups (broad SMARTS) is 1. The number of thioether (sulfide) groups is 1. The standard InChI is InChI=1S/C26H21FN2O4S/c27-20-11-8-18(9-12-20)23(30)7-4-14-34-26-28-22-15-19(25(32)33)10-13-21(22)24(31)29(26)16-17-5-2-1-3-6-17/h1-3,5-6,8-13,15H,4,7,14,16H2,(H,32,33)/p-1. The summed E-state index contributed by atoms with van der Waals surface area (Å²) in [6, 6.07) is 19.0. The van der Waals surface area contributed by atoms with E-state index in [1.165, 1.54) is 54.2 Å². The highest BCUT2D eigenvalue weighted by molar-refractivity contribution is 7.99. The fraction of sp³-hybridized carbons (Fsp3) is 0.154. The third kappa shape index (κ3) is 5.40. The Morgan fingerprint density at radius 1 is 0.971 bits per heavy atom. The van der Waals surface area contributed by atoms with E-state index < -0.39 is 11.8 Å². The third-order valence-electron chi connectivity index (χ3n) is 5.29. The Hall–Kier alpha value is -3.78. The predicted molar refractivity (Wildman–Crippen MR) is 127 cm³/mol. The van der Waals surface area contributed by atoms with Crippen LogP contribution in [0, 0.1) is 5.82 Å². The monoisotopic (exact) mass is 475 g/mol. The van der Waals surface area contributed by atoms with Gasteiger partial charge in [0.1, 0.15) is 5.82 Å². The van der Waals surface area contributed by atoms with Crippen molar-refractivity contribution in [3.8, 4) is 0 Å². The molecule has 0 aliphatic heterocycles. The molecule has 34 heavy (non-hydrogen) atoms. The highest BCUT2D eigenvalue weighted by Crippen LogP contribution is 2.21. The van der Waals surface area contributed by atoms with Gasteiger partial charge in [0.25, 0.3) is 5.56 Å². The van der Waals surface area contributed by atoms with Crippen LogP contribution in [0.3, 0.4) is 0 Å². The summed E-state index contributed by atoms with van der Waals surface area (Å²) in [4.78, 5) is 41.4. The molecule has 172 valence electrons. The second kappa shape index (κ2) is 10.4. The highest BCUT2D eigenvalue weighted by Gasteiger charge is 2.14. The first-order chi connectivity index (χ1) is 16.4. The van der Waals surface area contributed by atoms with E-state index in [9.17, 15) is 23.9 Å². The maximum absolute atomic E-state index is 13.3. The number of hydrogen-bond acceptors (Lipinski definition) is 6. The van der Waals surface area contributed by atoms with E-state index in [0.29, 0.717) is 34.8 Å². The van der Waals surface area contributed by atoms with Gasteiger partial charge in [0.15, 0.2) is 10.9 Å². The molecule has 6 nitrogen and oxygen atoms in total. The van der Waals surface area contributed by atoms with Crippen LogP contribution in [0.1, 0.15) is 39.1 Å². The lowest BCUT2D eigenvalue weighted by Gasteiger charge is -2.14. The van der Waals surface area contributed by atoms with Crippen molar-refractivity contribution in [3.05, 3.63) is 106 Å². The van der Waals surface area contributed by atoms with Crippen molar-refractivity contribution in [1.82, 2.24) is 9.55 Å². The average Bonchev–Trinajstić information content (AvgIpc) is 2.84. The molecule has 0 bridgehead atoms. The lowest BCUT2D eigenvalue weighted by Crippen LogP contribution is -2.25. The Morgan fingerprint density at radius 2 is 1.68 bits per heavy atom. The summed E-state index contributed by atoms with van der Waals surface area (Å²) < 4.78 is 14.6. The van der Waals surface area contributed by atoms with Crippen molar-refractivity contribution in [2.45, 2.75) is 24.5 Å². The van der Waals surface area contributed by atoms with Crippen molar-refractivity contribution in [1.29, 1.82) is 0 Å². The molecule has 4 rings (SSSR count). The molecule has 0 saturated carbocycles. The molecule has 4 aromatic rings. The van der Waals surface area contributed by atoms with Gasteiger partial charge in [-0.3, -0.25) is 14.2 Å². The smallest absolute Gasteiger partial charge is 0.262 e. The number of aromatic nitrogens is 2. The molecule has 0 atom stereocenters. The number of benzene rings is 3. The molecule has 0 amide bonds. The number of Topliss-reactive ketones (excluding diaryl/α,β-unsaturated/α-hetero) is 1. The maximum atomic E-state index is 13.3. The van der Waals surface area contributed by atoms with E-state index in [-0.39, 0.29) is 28.8 Å². The lowest BCUT2D eigenvalue weighted by molar-refractivity contribution is -0.255. The number of nitrogens with zero attached hydrogens (tertiary/aromatic N) is 2. The second-order valence-electron chi connectivity index (χ2n) is 7.67. The minimum absolute atomic E-state index is 0.0546. The number of carbonyl (C=O) groups excluding carboxylic acids is 2. The van der Waals surface area contributed by atoms with Crippen molar-refractivity contribution in [2.75, 3.05) is 5.75 Å². The first kappa shape index (κ1) is 23.4. The molecule has 1 aromatic heterocycles. The van der Waals surface area contributed by atoms with Crippen LogP contribution >= 0.6 is 11.8 Å². The first-order valence-corrected chi connectivity index (χ1v) is 11.6. The van der Waals surface area contributed by atoms with Crippen LogP contribution in [0.15, 0.2) is 82.7 Å². The van der Waals surface area contributed by atoms with Gasteiger partial charge in [-0.2, -0.15) is 0 Å². The number of ketones is 1. The SMILES string of the molecule is O=C([O-])c1ccc2c(=O)n(Cc3ccccc3)c(SCCCC(=O)c3ccc(F)cc3)nc2c1. The molecule has 8 heteroatoms. The summed E-state index contributed by atoms with van der Waals surface area (Å²) in [5.41, 5.74) is 1.32. The van der Waals surface area contributed by atoms with Gasteiger partial charge in [-0.25, -0.2) is 9.37 Å². The summed E-state index contributed by atoms with van der Waals surface area (Å²) in [6.07, 6.45) is 0.795. The summed E-state index contributed by atoms with van der Waals surface area (Å²) >= 11 is 1.33. The number of rotatable bonds is 9. The molecule has 0 unspecified atom stereocenters. The van der Waals surface area contributed by atoms with Crippen LogP contribution in [-0.4, -0.2) is 27.1 Å². The van der Waals surface area contributed by atoms with Crippen LogP contribution < -0.4 is 10.7 Å². The molecule has 0 radical (unpaired) electrons. The van der Waals surface area contributed by atoms with E-state index in [0.717, 1.165) is 5.56 Å². The van der Waals surface area contributed by atoms with Gasteiger partial charge in [0.05, 0.1) is 23.4 Å². The number of aromatic carboxylic acids is 1. The second-order valence-corrected chi connectivity index (χ2v) is 8.73. The minimum Gasteiger partial charge on any atom is -0.545 e. The number of halogens is 1. The van der Waals surface area contributed by atoms with E-state index in [1.54, 1.807) is 4.57 Å². The van der Waals surface area contributed by atoms with Crippen LogP contribution in [-0.2, 0) is 6.54 Å². The Balaban J connectivity index is 1.57. The summed E-state index contributed by atoms with van der Waals surface area (Å²) in [6.45, 7) is 0.307. The van der Waals surface area contributed by atoms with Crippen LogP contribution in [0.5, 0.6) is 0 Å². The van der Waals surface area contributed by atoms with Gasteiger partial charge in [-0.05, 0) is 53.9 Å². The topological polar surface area (TPSA) is 92.1 Å². The molecular weight excluding hydrogens is 455 g/mol. The van der Waals surface area contributed by atoms with E-state index in [4.69, 9.17) is 0 Å². The summed E-state index contributed by atoms with van der Waals surface area (Å²) in [5.74, 6) is -1.31. The molecule has 0 N–H and O–H groups in total. The third-order valence-corrected chi connectivity index (χ3v) is 6.35. The molecular formula is C26H20FN2O4S-. The zero-order chi connectivity index (χ0) is 24.1. The average molecular weight is 476 g/mol. The van der Waals surface area contributed by atoms with Gasteiger partial charge < -0.3 is 9.90 Å². The maximum Gasteiger partial charge on any atom is 0.262 e. The normalized spacial score (nSPS) is 11.0. The van der Waals surface area contributed by atoms with Gasteiger partial charge in [0, 0.05) is 17.7 Å². The number of fused-ring (bicyclic) bond motifs is 1. The number of carbonyl (C=O) groups is 2. The lowest BCUT2D eigenvalue weighted by atomic mass is 10.1. The molecule has 0 aliphatic carbocycles. The molecule has 3 aromatic carbocycles. The molecule has 0 aliphatic rings. The largest absolute Gasteiger partial charge is 0.545 e. The van der Waals surface area contributed by atoms with Crippen molar-refractivity contribution >= 4 is 34.4 Å².